The Kier molecular flexibility index (Phi) is 2.05. The Morgan fingerprint density at radius 1 is 1.73 bits per heavy atom. The van der Waals surface area contributed by atoms with Crippen LogP contribution in [-0.4, -0.2) is 21.0 Å². The summed E-state index contributed by atoms with van der Waals surface area (Å²) < 4.78 is 0. The lowest BCUT2D eigenvalue weighted by atomic mass is 10.4. The third kappa shape index (κ3) is 1.65. The largest absolute Gasteiger partial charge is 0.476 e. The zero-order valence-electron chi connectivity index (χ0n) is 5.71. The van der Waals surface area contributed by atoms with Crippen molar-refractivity contribution in [2.45, 2.75) is 6.92 Å². The number of hydrogen-bond donors (Lipinski definition) is 1. The van der Waals surface area contributed by atoms with Gasteiger partial charge >= 0.3 is 5.97 Å². The van der Waals surface area contributed by atoms with E-state index >= 15 is 0 Å². The maximum atomic E-state index is 10.4. The van der Waals surface area contributed by atoms with E-state index in [1.165, 1.54) is 6.20 Å². The van der Waals surface area contributed by atoms with Crippen LogP contribution in [0.3, 0.4) is 0 Å². The van der Waals surface area contributed by atoms with Gasteiger partial charge in [-0.25, -0.2) is 14.8 Å². The first kappa shape index (κ1) is 7.94. The molecule has 1 heterocycles. The minimum absolute atomic E-state index is 0.0584. The molecule has 0 aromatic carbocycles. The number of rotatable bonds is 1. The van der Waals surface area contributed by atoms with E-state index in [0.717, 1.165) is 0 Å². The summed E-state index contributed by atoms with van der Waals surface area (Å²) in [5.74, 6) is -0.743. The van der Waals surface area contributed by atoms with Crippen LogP contribution in [0.15, 0.2) is 6.20 Å². The fourth-order valence-corrected chi connectivity index (χ4v) is 0.777. The van der Waals surface area contributed by atoms with E-state index < -0.39 is 5.97 Å². The molecule has 1 aromatic heterocycles. The van der Waals surface area contributed by atoms with Crippen LogP contribution in [-0.2, 0) is 0 Å². The van der Waals surface area contributed by atoms with Crippen LogP contribution in [0.4, 0.5) is 0 Å². The summed E-state index contributed by atoms with van der Waals surface area (Å²) in [4.78, 5) is 17.7. The number of hydrogen-bond acceptors (Lipinski definition) is 3. The van der Waals surface area contributed by atoms with Gasteiger partial charge in [0.1, 0.15) is 5.82 Å². The summed E-state index contributed by atoms with van der Waals surface area (Å²) in [5.41, 5.74) is -0.154. The first-order chi connectivity index (χ1) is 5.11. The Hall–Kier alpha value is -1.16. The number of aryl methyl sites for hydroxylation is 1. The molecule has 4 nitrogen and oxygen atoms in total. The molecule has 0 amide bonds. The predicted octanol–water partition coefficient (Wildman–Crippen LogP) is 1.14. The minimum atomic E-state index is -1.14. The van der Waals surface area contributed by atoms with Crippen LogP contribution in [0.1, 0.15) is 16.3 Å². The Morgan fingerprint density at radius 3 is 2.82 bits per heavy atom. The molecule has 0 fully saturated rings. The van der Waals surface area contributed by atoms with Crippen molar-refractivity contribution in [1.82, 2.24) is 9.97 Å². The highest BCUT2D eigenvalue weighted by molar-refractivity contribution is 6.33. The van der Waals surface area contributed by atoms with E-state index in [1.807, 2.05) is 0 Å². The fraction of sp³-hybridized carbons (Fsp3) is 0.167. The van der Waals surface area contributed by atoms with Gasteiger partial charge in [-0.3, -0.25) is 0 Å². The Bertz CT molecular complexity index is 301. The van der Waals surface area contributed by atoms with Crippen molar-refractivity contribution in [2.24, 2.45) is 0 Å². The van der Waals surface area contributed by atoms with E-state index in [-0.39, 0.29) is 10.7 Å². The lowest BCUT2D eigenvalue weighted by molar-refractivity contribution is 0.0690. The van der Waals surface area contributed by atoms with Crippen molar-refractivity contribution in [3.8, 4) is 0 Å². The van der Waals surface area contributed by atoms with Crippen LogP contribution in [0.25, 0.3) is 0 Å². The molecule has 1 N–H and O–H groups in total. The molecule has 0 aliphatic carbocycles. The van der Waals surface area contributed by atoms with Gasteiger partial charge in [-0.15, -0.1) is 0 Å². The first-order valence-corrected chi connectivity index (χ1v) is 3.21. The quantitative estimate of drug-likeness (QED) is 0.690. The van der Waals surface area contributed by atoms with Crippen LogP contribution < -0.4 is 0 Å². The zero-order valence-corrected chi connectivity index (χ0v) is 6.46. The van der Waals surface area contributed by atoms with Crippen LogP contribution in [0.5, 0.6) is 0 Å². The van der Waals surface area contributed by atoms with Crippen molar-refractivity contribution < 1.29 is 9.90 Å². The number of halogens is 1. The second kappa shape index (κ2) is 2.84. The van der Waals surface area contributed by atoms with Gasteiger partial charge in [0.25, 0.3) is 0 Å². The number of carboxylic acid groups (broad SMARTS) is 1. The highest BCUT2D eigenvalue weighted by atomic mass is 35.5. The Balaban J connectivity index is 3.23. The van der Waals surface area contributed by atoms with E-state index in [4.69, 9.17) is 16.7 Å². The van der Waals surface area contributed by atoms with Gasteiger partial charge in [0.15, 0.2) is 5.69 Å². The van der Waals surface area contributed by atoms with Gasteiger partial charge in [-0.2, -0.15) is 0 Å². The highest BCUT2D eigenvalue weighted by Crippen LogP contribution is 2.11. The third-order valence-corrected chi connectivity index (χ3v) is 1.34. The Labute approximate surface area is 67.9 Å². The maximum Gasteiger partial charge on any atom is 0.356 e. The molecular formula is C6H5ClN2O2. The van der Waals surface area contributed by atoms with Crippen molar-refractivity contribution in [1.29, 1.82) is 0 Å². The fourth-order valence-electron chi connectivity index (χ4n) is 0.605. The van der Waals surface area contributed by atoms with Crippen LogP contribution >= 0.6 is 11.6 Å². The summed E-state index contributed by atoms with van der Waals surface area (Å²) in [5, 5.41) is 8.57. The molecule has 1 aromatic rings. The average molecular weight is 173 g/mol. The third-order valence-electron chi connectivity index (χ3n) is 1.07. The monoisotopic (exact) mass is 172 g/mol. The standard InChI is InChI=1S/C6H5ClN2O2/c1-3-8-2-4(7)5(9-3)6(10)11/h2H,1H3,(H,10,11). The van der Waals surface area contributed by atoms with Crippen LogP contribution in [0.2, 0.25) is 5.02 Å². The molecule has 58 valence electrons. The molecule has 11 heavy (non-hydrogen) atoms. The molecular weight excluding hydrogens is 168 g/mol. The summed E-state index contributed by atoms with van der Waals surface area (Å²) in [6.45, 7) is 1.60. The van der Waals surface area contributed by atoms with Gasteiger partial charge in [0.05, 0.1) is 11.2 Å². The molecule has 0 bridgehead atoms. The van der Waals surface area contributed by atoms with E-state index in [1.54, 1.807) is 6.92 Å². The van der Waals surface area contributed by atoms with Crippen molar-refractivity contribution in [3.63, 3.8) is 0 Å². The second-order valence-electron chi connectivity index (χ2n) is 1.92. The maximum absolute atomic E-state index is 10.4. The Morgan fingerprint density at radius 2 is 2.36 bits per heavy atom. The van der Waals surface area contributed by atoms with Crippen LogP contribution in [0, 0.1) is 6.92 Å². The molecule has 0 saturated heterocycles. The van der Waals surface area contributed by atoms with Gasteiger partial charge in [-0.1, -0.05) is 11.6 Å². The first-order valence-electron chi connectivity index (χ1n) is 2.83. The molecule has 0 unspecified atom stereocenters. The summed E-state index contributed by atoms with van der Waals surface area (Å²) >= 11 is 5.49. The SMILES string of the molecule is Cc1ncc(Cl)c(C(=O)O)n1. The minimum Gasteiger partial charge on any atom is -0.476 e. The predicted molar refractivity (Wildman–Crippen MR) is 38.7 cm³/mol. The molecule has 0 aliphatic rings. The van der Waals surface area contributed by atoms with Gasteiger partial charge < -0.3 is 5.11 Å². The average Bonchev–Trinajstić information content (AvgIpc) is 1.94. The van der Waals surface area contributed by atoms with Gasteiger partial charge in [0, 0.05) is 0 Å². The number of aromatic carboxylic acids is 1. The zero-order chi connectivity index (χ0) is 8.43. The van der Waals surface area contributed by atoms with E-state index in [0.29, 0.717) is 5.82 Å². The molecule has 0 saturated carbocycles. The molecule has 0 aliphatic heterocycles. The smallest absolute Gasteiger partial charge is 0.356 e. The number of aromatic nitrogens is 2. The summed E-state index contributed by atoms with van der Waals surface area (Å²) in [7, 11) is 0. The number of nitrogens with zero attached hydrogens (tertiary/aromatic N) is 2. The van der Waals surface area contributed by atoms with Gasteiger partial charge in [-0.05, 0) is 6.92 Å². The molecule has 5 heteroatoms. The number of carboxylic acids is 1. The summed E-state index contributed by atoms with van der Waals surface area (Å²) in [6.07, 6.45) is 1.27. The highest BCUT2D eigenvalue weighted by Gasteiger charge is 2.10. The topological polar surface area (TPSA) is 63.1 Å². The molecule has 1 rings (SSSR count). The summed E-state index contributed by atoms with van der Waals surface area (Å²) in [6, 6.07) is 0. The van der Waals surface area contributed by atoms with E-state index in [2.05, 4.69) is 9.97 Å². The normalized spacial score (nSPS) is 9.64. The lowest BCUT2D eigenvalue weighted by Crippen LogP contribution is -2.03. The van der Waals surface area contributed by atoms with Crippen molar-refractivity contribution in [3.05, 3.63) is 22.7 Å². The molecule has 0 spiro atoms. The second-order valence-corrected chi connectivity index (χ2v) is 2.33. The van der Waals surface area contributed by atoms with Gasteiger partial charge in [0.2, 0.25) is 0 Å². The molecule has 0 radical (unpaired) electrons. The number of carbonyl (C=O) groups is 1. The van der Waals surface area contributed by atoms with E-state index in [9.17, 15) is 4.79 Å². The van der Waals surface area contributed by atoms with Crippen molar-refractivity contribution in [2.75, 3.05) is 0 Å². The van der Waals surface area contributed by atoms with Crippen molar-refractivity contribution >= 4 is 17.6 Å². The lowest BCUT2D eigenvalue weighted by Gasteiger charge is -1.96. The molecule has 0 atom stereocenters.